The lowest BCUT2D eigenvalue weighted by atomic mass is 9.72. The summed E-state index contributed by atoms with van der Waals surface area (Å²) in [4.78, 5) is 51.1. The minimum absolute atomic E-state index is 0.0310. The van der Waals surface area contributed by atoms with Crippen molar-refractivity contribution in [1.82, 2.24) is 14.0 Å². The summed E-state index contributed by atoms with van der Waals surface area (Å²) in [7, 11) is 2.85. The first-order valence-electron chi connectivity index (χ1n) is 9.17. The van der Waals surface area contributed by atoms with Crippen LogP contribution in [0.2, 0.25) is 0 Å². The Bertz CT molecular complexity index is 913. The van der Waals surface area contributed by atoms with Crippen LogP contribution in [0.3, 0.4) is 0 Å². The third-order valence-corrected chi connectivity index (χ3v) is 5.69. The fourth-order valence-electron chi connectivity index (χ4n) is 4.16. The number of likely N-dealkylation sites (tertiary alicyclic amines) is 1. The van der Waals surface area contributed by atoms with Gasteiger partial charge in [-0.25, -0.2) is 4.79 Å². The van der Waals surface area contributed by atoms with Crippen LogP contribution in [0, 0.1) is 23.7 Å². The number of fused-ring (bicyclic) bond motifs is 1. The Kier molecular flexibility index (Phi) is 5.08. The van der Waals surface area contributed by atoms with Crippen molar-refractivity contribution in [3.05, 3.63) is 44.8 Å². The van der Waals surface area contributed by atoms with Gasteiger partial charge in [0.25, 0.3) is 11.5 Å². The number of aromatic nitrogens is 2. The van der Waals surface area contributed by atoms with Gasteiger partial charge >= 0.3 is 11.7 Å². The summed E-state index contributed by atoms with van der Waals surface area (Å²) in [6.07, 6.45) is 4.06. The molecule has 0 saturated carbocycles. The highest BCUT2D eigenvalue weighted by atomic mass is 16.5. The summed E-state index contributed by atoms with van der Waals surface area (Å²) in [5.74, 6) is -0.844. The molecule has 4 atom stereocenters. The first kappa shape index (κ1) is 19.1. The lowest BCUT2D eigenvalue weighted by molar-refractivity contribution is -0.152. The average Bonchev–Trinajstić information content (AvgIpc) is 3.06. The molecule has 2 heterocycles. The maximum absolute atomic E-state index is 13.0. The third kappa shape index (κ3) is 3.24. The molecule has 8 nitrogen and oxygen atoms in total. The van der Waals surface area contributed by atoms with Crippen molar-refractivity contribution in [1.29, 1.82) is 0 Å². The van der Waals surface area contributed by atoms with Gasteiger partial charge in [0.15, 0.2) is 0 Å². The number of nitrogens with zero attached hydrogens (tertiary/aromatic N) is 3. The number of amides is 1. The largest absolute Gasteiger partial charge is 0.466 e. The van der Waals surface area contributed by atoms with Crippen LogP contribution in [-0.2, 0) is 23.6 Å². The maximum atomic E-state index is 13.0. The Labute approximate surface area is 157 Å². The highest BCUT2D eigenvalue weighted by Crippen LogP contribution is 2.40. The van der Waals surface area contributed by atoms with Crippen molar-refractivity contribution >= 4 is 11.9 Å². The van der Waals surface area contributed by atoms with E-state index in [9.17, 15) is 19.2 Å². The molecule has 1 aliphatic carbocycles. The van der Waals surface area contributed by atoms with Crippen molar-refractivity contribution in [2.24, 2.45) is 37.8 Å². The van der Waals surface area contributed by atoms with Crippen LogP contribution >= 0.6 is 0 Å². The molecule has 0 unspecified atom stereocenters. The van der Waals surface area contributed by atoms with Gasteiger partial charge in [-0.2, -0.15) is 0 Å². The SMILES string of the molecule is CCOC(=O)[C@@H]1[C@H]2CN(C(=O)c3cc(=O)n(C)c(=O)n3C)C[C@@H]2C=C[C@@H]1C. The smallest absolute Gasteiger partial charge is 0.331 e. The van der Waals surface area contributed by atoms with Crippen LogP contribution in [-0.4, -0.2) is 45.6 Å². The fraction of sp³-hybridized carbons (Fsp3) is 0.579. The van der Waals surface area contributed by atoms with E-state index in [0.717, 1.165) is 4.57 Å². The second kappa shape index (κ2) is 7.17. The van der Waals surface area contributed by atoms with Crippen molar-refractivity contribution in [2.45, 2.75) is 13.8 Å². The predicted molar refractivity (Wildman–Crippen MR) is 98.2 cm³/mol. The van der Waals surface area contributed by atoms with Gasteiger partial charge in [-0.1, -0.05) is 19.1 Å². The molecule has 0 radical (unpaired) electrons. The van der Waals surface area contributed by atoms with E-state index in [0.29, 0.717) is 19.7 Å². The molecule has 0 spiro atoms. The van der Waals surface area contributed by atoms with Crippen LogP contribution in [0.5, 0.6) is 0 Å². The minimum atomic E-state index is -0.541. The van der Waals surface area contributed by atoms with Gasteiger partial charge in [0.05, 0.1) is 12.5 Å². The number of carbonyl (C=O) groups is 2. The van der Waals surface area contributed by atoms with Crippen molar-refractivity contribution in [2.75, 3.05) is 19.7 Å². The van der Waals surface area contributed by atoms with E-state index >= 15 is 0 Å². The van der Waals surface area contributed by atoms with Crippen LogP contribution in [0.4, 0.5) is 0 Å². The molecule has 0 aromatic carbocycles. The molecule has 1 aliphatic heterocycles. The van der Waals surface area contributed by atoms with Crippen molar-refractivity contribution in [3.8, 4) is 0 Å². The van der Waals surface area contributed by atoms with Gasteiger partial charge in [-0.3, -0.25) is 23.5 Å². The normalized spacial score (nSPS) is 26.7. The van der Waals surface area contributed by atoms with E-state index in [2.05, 4.69) is 6.08 Å². The van der Waals surface area contributed by atoms with E-state index in [4.69, 9.17) is 4.74 Å². The Morgan fingerprint density at radius 1 is 1.15 bits per heavy atom. The molecular weight excluding hydrogens is 350 g/mol. The molecule has 1 fully saturated rings. The summed E-state index contributed by atoms with van der Waals surface area (Å²) in [6.45, 7) is 4.92. The Morgan fingerprint density at radius 3 is 2.52 bits per heavy atom. The molecule has 146 valence electrons. The molecule has 27 heavy (non-hydrogen) atoms. The zero-order chi connectivity index (χ0) is 19.9. The van der Waals surface area contributed by atoms with E-state index in [1.807, 2.05) is 13.0 Å². The standard InChI is InChI=1S/C19H25N3O5/c1-5-27-18(25)16-11(2)6-7-12-9-22(10-13(12)16)17(24)14-8-15(23)21(4)19(26)20(14)3/h6-8,11-13,16H,5,9-10H2,1-4H3/t11-,12-,13-,16-/m0/s1. The van der Waals surface area contributed by atoms with Crippen LogP contribution in [0.25, 0.3) is 0 Å². The van der Waals surface area contributed by atoms with Crippen LogP contribution in [0.15, 0.2) is 27.8 Å². The van der Waals surface area contributed by atoms with E-state index in [-0.39, 0.29) is 41.2 Å². The number of allylic oxidation sites excluding steroid dienone is 1. The molecule has 3 rings (SSSR count). The molecule has 1 saturated heterocycles. The average molecular weight is 375 g/mol. The van der Waals surface area contributed by atoms with Gasteiger partial charge in [0.1, 0.15) is 5.69 Å². The van der Waals surface area contributed by atoms with E-state index < -0.39 is 11.2 Å². The number of carbonyl (C=O) groups excluding carboxylic acids is 2. The quantitative estimate of drug-likeness (QED) is 0.554. The lowest BCUT2D eigenvalue weighted by Crippen LogP contribution is -2.42. The molecule has 1 aromatic rings. The molecule has 0 bridgehead atoms. The third-order valence-electron chi connectivity index (χ3n) is 5.69. The second-order valence-corrected chi connectivity index (χ2v) is 7.33. The molecule has 1 aromatic heterocycles. The van der Waals surface area contributed by atoms with Crippen LogP contribution in [0.1, 0.15) is 24.3 Å². The number of ether oxygens (including phenoxy) is 1. The lowest BCUT2D eigenvalue weighted by Gasteiger charge is -2.31. The second-order valence-electron chi connectivity index (χ2n) is 7.33. The monoisotopic (exact) mass is 375 g/mol. The van der Waals surface area contributed by atoms with Gasteiger partial charge in [-0.05, 0) is 24.7 Å². The summed E-state index contributed by atoms with van der Waals surface area (Å²) >= 11 is 0. The number of hydrogen-bond acceptors (Lipinski definition) is 5. The minimum Gasteiger partial charge on any atom is -0.466 e. The topological polar surface area (TPSA) is 90.6 Å². The van der Waals surface area contributed by atoms with Crippen molar-refractivity contribution < 1.29 is 14.3 Å². The maximum Gasteiger partial charge on any atom is 0.331 e. The molecule has 0 N–H and O–H groups in total. The summed E-state index contributed by atoms with van der Waals surface area (Å²) in [5.41, 5.74) is -0.997. The Hall–Kier alpha value is -2.64. The van der Waals surface area contributed by atoms with E-state index in [1.165, 1.54) is 24.7 Å². The number of rotatable bonds is 3. The molecule has 8 heteroatoms. The molecular formula is C19H25N3O5. The van der Waals surface area contributed by atoms with Gasteiger partial charge < -0.3 is 9.64 Å². The van der Waals surface area contributed by atoms with Gasteiger partial charge in [0, 0.05) is 33.3 Å². The van der Waals surface area contributed by atoms with Crippen molar-refractivity contribution in [3.63, 3.8) is 0 Å². The van der Waals surface area contributed by atoms with Gasteiger partial charge in [0.2, 0.25) is 0 Å². The highest BCUT2D eigenvalue weighted by Gasteiger charge is 2.46. The summed E-state index contributed by atoms with van der Waals surface area (Å²) < 4.78 is 7.39. The molecule has 1 amide bonds. The number of hydrogen-bond donors (Lipinski definition) is 0. The fourth-order valence-corrected chi connectivity index (χ4v) is 4.16. The Morgan fingerprint density at radius 2 is 1.85 bits per heavy atom. The van der Waals surface area contributed by atoms with Gasteiger partial charge in [-0.15, -0.1) is 0 Å². The summed E-state index contributed by atoms with van der Waals surface area (Å²) in [5, 5.41) is 0. The zero-order valence-electron chi connectivity index (χ0n) is 16.0. The Balaban J connectivity index is 1.89. The van der Waals surface area contributed by atoms with Crippen LogP contribution < -0.4 is 11.2 Å². The summed E-state index contributed by atoms with van der Waals surface area (Å²) in [6, 6.07) is 1.19. The van der Waals surface area contributed by atoms with E-state index in [1.54, 1.807) is 11.8 Å². The highest BCUT2D eigenvalue weighted by molar-refractivity contribution is 5.92. The zero-order valence-corrected chi connectivity index (χ0v) is 16.0. The first-order valence-corrected chi connectivity index (χ1v) is 9.17. The molecule has 2 aliphatic rings. The number of esters is 1. The predicted octanol–water partition coefficient (Wildman–Crippen LogP) is 0.157. The first-order chi connectivity index (χ1) is 12.8.